The van der Waals surface area contributed by atoms with E-state index in [2.05, 4.69) is 5.32 Å². The van der Waals surface area contributed by atoms with Gasteiger partial charge in [0, 0.05) is 48.2 Å². The van der Waals surface area contributed by atoms with Gasteiger partial charge < -0.3 is 24.8 Å². The number of morpholine rings is 1. The highest BCUT2D eigenvalue weighted by molar-refractivity contribution is 6.06. The van der Waals surface area contributed by atoms with Gasteiger partial charge in [0.05, 0.1) is 19.8 Å². The summed E-state index contributed by atoms with van der Waals surface area (Å²) in [6.07, 6.45) is -0.359. The van der Waals surface area contributed by atoms with Crippen molar-refractivity contribution in [1.29, 1.82) is 0 Å². The monoisotopic (exact) mass is 515 g/mol. The number of benzene rings is 2. The summed E-state index contributed by atoms with van der Waals surface area (Å²) >= 11 is 0. The van der Waals surface area contributed by atoms with Crippen LogP contribution in [-0.4, -0.2) is 74.9 Å². The minimum atomic E-state index is -2.33. The number of halogens is 1. The Morgan fingerprint density at radius 3 is 2.62 bits per heavy atom. The molecular weight excluding hydrogens is 489 g/mol. The van der Waals surface area contributed by atoms with Gasteiger partial charge in [-0.1, -0.05) is 6.07 Å². The van der Waals surface area contributed by atoms with Crippen LogP contribution in [0.25, 0.3) is 0 Å². The van der Waals surface area contributed by atoms with E-state index >= 15 is 0 Å². The van der Waals surface area contributed by atoms with Crippen molar-refractivity contribution in [3.63, 3.8) is 0 Å². The number of amides is 3. The fourth-order valence-corrected chi connectivity index (χ4v) is 4.79. The van der Waals surface area contributed by atoms with E-state index in [1.807, 2.05) is 0 Å². The molecule has 0 bridgehead atoms. The largest absolute Gasteiger partial charge is 0.488 e. The fourth-order valence-electron chi connectivity index (χ4n) is 4.79. The molecule has 0 radical (unpaired) electrons. The number of carbonyl (C=O) groups excluding carboxylic acids is 3. The summed E-state index contributed by atoms with van der Waals surface area (Å²) in [5.41, 5.74) is -1.46. The summed E-state index contributed by atoms with van der Waals surface area (Å²) in [5, 5.41) is 34.4. The second-order valence-electron chi connectivity index (χ2n) is 9.20. The Labute approximate surface area is 211 Å². The van der Waals surface area contributed by atoms with Gasteiger partial charge in [-0.2, -0.15) is 0 Å². The van der Waals surface area contributed by atoms with E-state index in [0.717, 1.165) is 11.0 Å². The zero-order chi connectivity index (χ0) is 26.4. The normalized spacial score (nSPS) is 22.7. The Balaban J connectivity index is 1.36. The molecule has 1 atom stereocenters. The van der Waals surface area contributed by atoms with Gasteiger partial charge in [-0.25, -0.2) is 9.29 Å². The Morgan fingerprint density at radius 1 is 1.14 bits per heavy atom. The highest BCUT2D eigenvalue weighted by atomic mass is 19.1. The van der Waals surface area contributed by atoms with E-state index in [-0.39, 0.29) is 61.5 Å². The maximum atomic E-state index is 14.6. The summed E-state index contributed by atoms with van der Waals surface area (Å²) in [4.78, 5) is 39.3. The number of nitrogens with zero attached hydrogens (tertiary/aromatic N) is 2. The Hall–Kier alpha value is -3.42. The first kappa shape index (κ1) is 25.2. The Kier molecular flexibility index (Phi) is 6.46. The number of hydrogen-bond acceptors (Lipinski definition) is 9. The van der Waals surface area contributed by atoms with E-state index in [4.69, 9.17) is 9.47 Å². The van der Waals surface area contributed by atoms with Crippen LogP contribution in [0.15, 0.2) is 36.4 Å². The van der Waals surface area contributed by atoms with Crippen LogP contribution in [0.2, 0.25) is 0 Å². The van der Waals surface area contributed by atoms with Crippen molar-refractivity contribution in [2.24, 2.45) is 0 Å². The van der Waals surface area contributed by atoms with E-state index in [9.17, 15) is 34.1 Å². The summed E-state index contributed by atoms with van der Waals surface area (Å²) in [6.45, 7) is 0.802. The topological polar surface area (TPSA) is 149 Å². The summed E-state index contributed by atoms with van der Waals surface area (Å²) in [7, 11) is 0. The van der Waals surface area contributed by atoms with Crippen molar-refractivity contribution in [2.75, 3.05) is 26.3 Å². The second kappa shape index (κ2) is 9.47. The first-order valence-electron chi connectivity index (χ1n) is 11.8. The van der Waals surface area contributed by atoms with E-state index in [1.54, 1.807) is 12.1 Å². The molecule has 12 heteroatoms. The number of rotatable bonds is 6. The molecular formula is C25H26FN3O8. The molecule has 4 N–H and O–H groups in total. The lowest BCUT2D eigenvalue weighted by Crippen LogP contribution is -2.63. The maximum Gasteiger partial charge on any atom is 0.279 e. The van der Waals surface area contributed by atoms with Gasteiger partial charge in [0.25, 0.3) is 17.7 Å². The Bertz CT molecular complexity index is 1260. The number of nitrogens with one attached hydrogen (secondary N) is 1. The molecule has 0 aromatic heterocycles. The van der Waals surface area contributed by atoms with Crippen LogP contribution in [0.1, 0.15) is 39.9 Å². The molecule has 2 aromatic carbocycles. The molecule has 0 spiro atoms. The molecule has 3 heterocycles. The van der Waals surface area contributed by atoms with Gasteiger partial charge in [0.2, 0.25) is 11.6 Å². The van der Waals surface area contributed by atoms with Gasteiger partial charge in [-0.05, 0) is 30.3 Å². The van der Waals surface area contributed by atoms with E-state index in [0.29, 0.717) is 18.8 Å². The van der Waals surface area contributed by atoms with Gasteiger partial charge in [-0.3, -0.25) is 24.6 Å². The number of aliphatic hydroxyl groups is 3. The lowest BCUT2D eigenvalue weighted by molar-refractivity contribution is -0.286. The minimum Gasteiger partial charge on any atom is -0.488 e. The van der Waals surface area contributed by atoms with Crippen molar-refractivity contribution < 1.29 is 43.6 Å². The quantitative estimate of drug-likeness (QED) is 0.306. The second-order valence-corrected chi connectivity index (χ2v) is 9.20. The maximum absolute atomic E-state index is 14.6. The number of imide groups is 1. The van der Waals surface area contributed by atoms with Crippen molar-refractivity contribution in [1.82, 2.24) is 15.1 Å². The predicted molar refractivity (Wildman–Crippen MR) is 123 cm³/mol. The molecule has 3 aliphatic rings. The van der Waals surface area contributed by atoms with Crippen LogP contribution in [0.4, 0.5) is 4.39 Å². The first-order valence-corrected chi connectivity index (χ1v) is 11.8. The summed E-state index contributed by atoms with van der Waals surface area (Å²) in [5.74, 6) is -4.81. The molecule has 2 saturated heterocycles. The molecule has 196 valence electrons. The number of fused-ring (bicyclic) bond motifs is 1. The van der Waals surface area contributed by atoms with Crippen LogP contribution in [-0.2, 0) is 33.4 Å². The van der Waals surface area contributed by atoms with Crippen molar-refractivity contribution >= 4 is 17.7 Å². The average Bonchev–Trinajstić information content (AvgIpc) is 3.24. The first-order chi connectivity index (χ1) is 17.6. The van der Waals surface area contributed by atoms with Crippen LogP contribution in [0.5, 0.6) is 5.75 Å². The third-order valence-electron chi connectivity index (χ3n) is 6.96. The SMILES string of the molecule is O=C1CCC(O)(N2Cc3c(OCc4cc(C(O)(O)N5CCOCC5)ccc4F)cccc3C2=O)C(=O)N1. The van der Waals surface area contributed by atoms with Crippen LogP contribution < -0.4 is 10.1 Å². The number of hydrogen-bond donors (Lipinski definition) is 4. The molecule has 37 heavy (non-hydrogen) atoms. The lowest BCUT2D eigenvalue weighted by Gasteiger charge is -2.37. The minimum absolute atomic E-state index is 0.0563. The van der Waals surface area contributed by atoms with Crippen molar-refractivity contribution in [3.8, 4) is 5.75 Å². The number of carbonyl (C=O) groups is 3. The molecule has 0 aliphatic carbocycles. The third-order valence-corrected chi connectivity index (χ3v) is 6.96. The molecule has 3 amide bonds. The predicted octanol–water partition coefficient (Wildman–Crippen LogP) is -0.0872. The smallest absolute Gasteiger partial charge is 0.279 e. The molecule has 3 aliphatic heterocycles. The van der Waals surface area contributed by atoms with Crippen LogP contribution in [0.3, 0.4) is 0 Å². The van der Waals surface area contributed by atoms with E-state index in [1.165, 1.54) is 23.1 Å². The zero-order valence-corrected chi connectivity index (χ0v) is 19.8. The summed E-state index contributed by atoms with van der Waals surface area (Å²) < 4.78 is 25.7. The lowest BCUT2D eigenvalue weighted by atomic mass is 10.00. The highest BCUT2D eigenvalue weighted by Gasteiger charge is 2.51. The standard InChI is InChI=1S/C25H26FN3O8/c26-19-5-4-16(25(34,35)28-8-10-36-11-9-28)12-15(19)14-37-20-3-1-2-17-18(20)13-29(22(17)31)24(33)7-6-21(30)27-23(24)32/h1-5,12,33-35H,6-11,13-14H2,(H,27,30,32). The van der Waals surface area contributed by atoms with Gasteiger partial charge in [-0.15, -0.1) is 0 Å². The molecule has 2 fully saturated rings. The fraction of sp³-hybridized carbons (Fsp3) is 0.400. The van der Waals surface area contributed by atoms with Gasteiger partial charge in [0.15, 0.2) is 0 Å². The summed E-state index contributed by atoms with van der Waals surface area (Å²) in [6, 6.07) is 8.36. The molecule has 1 unspecified atom stereocenters. The molecule has 2 aromatic rings. The third kappa shape index (κ3) is 4.47. The molecule has 5 rings (SSSR count). The van der Waals surface area contributed by atoms with Crippen molar-refractivity contribution in [3.05, 3.63) is 64.5 Å². The van der Waals surface area contributed by atoms with Gasteiger partial charge in [0.1, 0.15) is 18.2 Å². The number of ether oxygens (including phenoxy) is 2. The molecule has 11 nitrogen and oxygen atoms in total. The average molecular weight is 515 g/mol. The molecule has 0 saturated carbocycles. The number of piperidine rings is 1. The zero-order valence-electron chi connectivity index (χ0n) is 19.8. The van der Waals surface area contributed by atoms with Crippen LogP contribution >= 0.6 is 0 Å². The highest BCUT2D eigenvalue weighted by Crippen LogP contribution is 2.37. The Morgan fingerprint density at radius 2 is 1.89 bits per heavy atom. The van der Waals surface area contributed by atoms with Gasteiger partial charge >= 0.3 is 0 Å². The van der Waals surface area contributed by atoms with Crippen LogP contribution in [0, 0.1) is 5.82 Å². The van der Waals surface area contributed by atoms with E-state index < -0.39 is 35.2 Å². The van der Waals surface area contributed by atoms with Crippen molar-refractivity contribution in [2.45, 2.75) is 37.6 Å².